The van der Waals surface area contributed by atoms with Gasteiger partial charge in [-0.1, -0.05) is 28.8 Å². The first-order valence-electron chi connectivity index (χ1n) is 6.42. The van der Waals surface area contributed by atoms with Crippen molar-refractivity contribution in [3.8, 4) is 0 Å². The summed E-state index contributed by atoms with van der Waals surface area (Å²) in [6.07, 6.45) is 7.15. The maximum atomic E-state index is 3.50. The van der Waals surface area contributed by atoms with Crippen molar-refractivity contribution in [3.63, 3.8) is 0 Å². The summed E-state index contributed by atoms with van der Waals surface area (Å²) in [4.78, 5) is 5.35. The van der Waals surface area contributed by atoms with Gasteiger partial charge in [-0.15, -0.1) is 0 Å². The quantitative estimate of drug-likeness (QED) is 0.727. The molecule has 1 aliphatic carbocycles. The van der Waals surface area contributed by atoms with E-state index in [-0.39, 0.29) is 0 Å². The standard InChI is InChI=1S/C12H23BrN2/c13-6-3-7-14-8-10-15(11-9-14)12-4-1-2-5-12/h12H,1-11H2. The first-order valence-corrected chi connectivity index (χ1v) is 7.54. The lowest BCUT2D eigenvalue weighted by atomic mass is 10.2. The van der Waals surface area contributed by atoms with Gasteiger partial charge in [0, 0.05) is 37.6 Å². The molecule has 88 valence electrons. The van der Waals surface area contributed by atoms with Crippen molar-refractivity contribution in [2.75, 3.05) is 38.1 Å². The monoisotopic (exact) mass is 274 g/mol. The molecular weight excluding hydrogens is 252 g/mol. The fourth-order valence-electron chi connectivity index (χ4n) is 2.90. The van der Waals surface area contributed by atoms with Crippen LogP contribution in [-0.2, 0) is 0 Å². The van der Waals surface area contributed by atoms with Crippen molar-refractivity contribution < 1.29 is 0 Å². The van der Waals surface area contributed by atoms with Crippen LogP contribution in [0.2, 0.25) is 0 Å². The number of piperazine rings is 1. The molecule has 3 heteroatoms. The molecule has 15 heavy (non-hydrogen) atoms. The highest BCUT2D eigenvalue weighted by Crippen LogP contribution is 2.24. The Balaban J connectivity index is 1.67. The predicted molar refractivity (Wildman–Crippen MR) is 68.7 cm³/mol. The molecule has 0 radical (unpaired) electrons. The minimum absolute atomic E-state index is 0.934. The van der Waals surface area contributed by atoms with Gasteiger partial charge in [0.15, 0.2) is 0 Å². The van der Waals surface area contributed by atoms with Gasteiger partial charge in [-0.25, -0.2) is 0 Å². The zero-order chi connectivity index (χ0) is 10.5. The van der Waals surface area contributed by atoms with Crippen LogP contribution in [0.1, 0.15) is 32.1 Å². The zero-order valence-corrected chi connectivity index (χ0v) is 11.2. The Morgan fingerprint density at radius 1 is 1.00 bits per heavy atom. The molecule has 1 saturated carbocycles. The van der Waals surface area contributed by atoms with Crippen LogP contribution in [0.5, 0.6) is 0 Å². The minimum atomic E-state index is 0.934. The van der Waals surface area contributed by atoms with E-state index in [0.717, 1.165) is 11.4 Å². The lowest BCUT2D eigenvalue weighted by Crippen LogP contribution is -2.49. The molecule has 0 atom stereocenters. The number of hydrogen-bond donors (Lipinski definition) is 0. The molecule has 0 bridgehead atoms. The molecule has 0 aromatic heterocycles. The van der Waals surface area contributed by atoms with Crippen LogP contribution < -0.4 is 0 Å². The Morgan fingerprint density at radius 2 is 1.67 bits per heavy atom. The largest absolute Gasteiger partial charge is 0.301 e. The predicted octanol–water partition coefficient (Wildman–Crippen LogP) is 2.33. The van der Waals surface area contributed by atoms with Crippen LogP contribution in [0.3, 0.4) is 0 Å². The van der Waals surface area contributed by atoms with Crippen LogP contribution in [-0.4, -0.2) is 53.9 Å². The van der Waals surface area contributed by atoms with Gasteiger partial charge >= 0.3 is 0 Å². The lowest BCUT2D eigenvalue weighted by Gasteiger charge is -2.38. The normalized spacial score (nSPS) is 26.2. The summed E-state index contributed by atoms with van der Waals surface area (Å²) in [5, 5.41) is 1.15. The van der Waals surface area contributed by atoms with E-state index in [1.54, 1.807) is 0 Å². The van der Waals surface area contributed by atoms with Gasteiger partial charge in [-0.2, -0.15) is 0 Å². The molecule has 1 saturated heterocycles. The van der Waals surface area contributed by atoms with Gasteiger partial charge in [0.25, 0.3) is 0 Å². The van der Waals surface area contributed by atoms with E-state index in [4.69, 9.17) is 0 Å². The summed E-state index contributed by atoms with van der Waals surface area (Å²) in [6, 6.07) is 0.934. The Hall–Kier alpha value is 0.400. The SMILES string of the molecule is BrCCCN1CCN(C2CCCC2)CC1. The summed E-state index contributed by atoms with van der Waals surface area (Å²) < 4.78 is 0. The number of nitrogens with zero attached hydrogens (tertiary/aromatic N) is 2. The third-order valence-corrected chi connectivity index (χ3v) is 4.42. The molecule has 0 aromatic rings. The third-order valence-electron chi connectivity index (χ3n) is 3.86. The molecule has 1 aliphatic heterocycles. The average Bonchev–Trinajstić information content (AvgIpc) is 2.80. The van der Waals surface area contributed by atoms with Crippen molar-refractivity contribution in [3.05, 3.63) is 0 Å². The van der Waals surface area contributed by atoms with E-state index in [1.807, 2.05) is 0 Å². The van der Waals surface area contributed by atoms with Gasteiger partial charge in [-0.3, -0.25) is 4.90 Å². The van der Waals surface area contributed by atoms with Crippen molar-refractivity contribution in [2.45, 2.75) is 38.1 Å². The minimum Gasteiger partial charge on any atom is -0.301 e. The van der Waals surface area contributed by atoms with Gasteiger partial charge in [0.2, 0.25) is 0 Å². The highest BCUT2D eigenvalue weighted by atomic mass is 79.9. The Bertz CT molecular complexity index is 172. The molecule has 0 aromatic carbocycles. The highest BCUT2D eigenvalue weighted by molar-refractivity contribution is 9.09. The van der Waals surface area contributed by atoms with E-state index in [9.17, 15) is 0 Å². The van der Waals surface area contributed by atoms with Gasteiger partial charge < -0.3 is 4.90 Å². The molecule has 2 fully saturated rings. The topological polar surface area (TPSA) is 6.48 Å². The van der Waals surface area contributed by atoms with Crippen LogP contribution in [0.25, 0.3) is 0 Å². The Kier molecular flexibility index (Phi) is 4.92. The molecular formula is C12H23BrN2. The molecule has 0 unspecified atom stereocenters. The van der Waals surface area contributed by atoms with E-state index < -0.39 is 0 Å². The summed E-state index contributed by atoms with van der Waals surface area (Å²) in [5.41, 5.74) is 0. The number of halogens is 1. The first-order chi connectivity index (χ1) is 7.40. The Labute approximate surface area is 102 Å². The molecule has 0 amide bonds. The summed E-state index contributed by atoms with van der Waals surface area (Å²) in [6.45, 7) is 6.50. The smallest absolute Gasteiger partial charge is 0.0113 e. The van der Waals surface area contributed by atoms with Crippen molar-refractivity contribution in [2.24, 2.45) is 0 Å². The molecule has 0 N–H and O–H groups in total. The van der Waals surface area contributed by atoms with E-state index in [2.05, 4.69) is 25.7 Å². The van der Waals surface area contributed by atoms with Crippen LogP contribution >= 0.6 is 15.9 Å². The second-order valence-electron chi connectivity index (χ2n) is 4.86. The number of alkyl halides is 1. The molecule has 2 aliphatic rings. The van der Waals surface area contributed by atoms with E-state index in [0.29, 0.717) is 0 Å². The van der Waals surface area contributed by atoms with Crippen LogP contribution in [0.15, 0.2) is 0 Å². The maximum absolute atomic E-state index is 3.50. The van der Waals surface area contributed by atoms with Crippen molar-refractivity contribution in [1.29, 1.82) is 0 Å². The summed E-state index contributed by atoms with van der Waals surface area (Å²) in [5.74, 6) is 0. The molecule has 2 rings (SSSR count). The number of rotatable bonds is 4. The second kappa shape index (κ2) is 6.21. The van der Waals surface area contributed by atoms with E-state index in [1.165, 1.54) is 64.8 Å². The lowest BCUT2D eigenvalue weighted by molar-refractivity contribution is 0.0982. The molecule has 1 heterocycles. The van der Waals surface area contributed by atoms with Crippen LogP contribution in [0, 0.1) is 0 Å². The fraction of sp³-hybridized carbons (Fsp3) is 1.00. The second-order valence-corrected chi connectivity index (χ2v) is 5.65. The van der Waals surface area contributed by atoms with Crippen LogP contribution in [0.4, 0.5) is 0 Å². The summed E-state index contributed by atoms with van der Waals surface area (Å²) >= 11 is 3.50. The number of hydrogen-bond acceptors (Lipinski definition) is 2. The molecule has 0 spiro atoms. The highest BCUT2D eigenvalue weighted by Gasteiger charge is 2.25. The third kappa shape index (κ3) is 3.43. The molecule has 2 nitrogen and oxygen atoms in total. The van der Waals surface area contributed by atoms with Gasteiger partial charge in [-0.05, 0) is 25.8 Å². The Morgan fingerprint density at radius 3 is 2.27 bits per heavy atom. The van der Waals surface area contributed by atoms with Crippen molar-refractivity contribution >= 4 is 15.9 Å². The van der Waals surface area contributed by atoms with E-state index >= 15 is 0 Å². The van der Waals surface area contributed by atoms with Gasteiger partial charge in [0.1, 0.15) is 0 Å². The first kappa shape index (κ1) is 11.9. The summed E-state index contributed by atoms with van der Waals surface area (Å²) in [7, 11) is 0. The van der Waals surface area contributed by atoms with Crippen molar-refractivity contribution in [1.82, 2.24) is 9.80 Å². The zero-order valence-electron chi connectivity index (χ0n) is 9.63. The maximum Gasteiger partial charge on any atom is 0.0113 e. The average molecular weight is 275 g/mol. The fourth-order valence-corrected chi connectivity index (χ4v) is 3.16. The van der Waals surface area contributed by atoms with Gasteiger partial charge in [0.05, 0.1) is 0 Å².